The van der Waals surface area contributed by atoms with Crippen molar-refractivity contribution in [2.24, 2.45) is 5.73 Å². The van der Waals surface area contributed by atoms with Crippen molar-refractivity contribution in [3.05, 3.63) is 28.1 Å². The third kappa shape index (κ3) is 1.71. The Morgan fingerprint density at radius 3 is 2.71 bits per heavy atom. The molecule has 74 valence electrons. The van der Waals surface area contributed by atoms with Gasteiger partial charge in [0.05, 0.1) is 10.0 Å². The average molecular weight is 231 g/mol. The van der Waals surface area contributed by atoms with Gasteiger partial charge in [-0.15, -0.1) is 0 Å². The molecule has 2 N–H and O–H groups in total. The molecule has 0 spiro atoms. The van der Waals surface area contributed by atoms with Crippen LogP contribution in [0.2, 0.25) is 10.0 Å². The lowest BCUT2D eigenvalue weighted by Gasteiger charge is -1.91. The fraction of sp³-hybridized carbons (Fsp3) is 0.222. The molecular weight excluding hydrogens is 223 g/mol. The van der Waals surface area contributed by atoms with Crippen molar-refractivity contribution < 1.29 is 4.42 Å². The summed E-state index contributed by atoms with van der Waals surface area (Å²) in [6.07, 6.45) is 0.615. The van der Waals surface area contributed by atoms with E-state index in [1.165, 1.54) is 0 Å². The van der Waals surface area contributed by atoms with Gasteiger partial charge in [-0.3, -0.25) is 0 Å². The first-order valence-corrected chi connectivity index (χ1v) is 4.91. The van der Waals surface area contributed by atoms with Gasteiger partial charge in [-0.05, 0) is 6.07 Å². The van der Waals surface area contributed by atoms with Crippen molar-refractivity contribution in [1.82, 2.24) is 4.98 Å². The molecule has 3 nitrogen and oxygen atoms in total. The minimum absolute atomic E-state index is 0.467. The summed E-state index contributed by atoms with van der Waals surface area (Å²) in [4.78, 5) is 4.21. The molecule has 5 heteroatoms. The molecule has 0 unspecified atom stereocenters. The second kappa shape index (κ2) is 3.77. The van der Waals surface area contributed by atoms with Crippen LogP contribution in [-0.4, -0.2) is 11.5 Å². The van der Waals surface area contributed by atoms with E-state index in [1.54, 1.807) is 12.1 Å². The van der Waals surface area contributed by atoms with Gasteiger partial charge in [0.25, 0.3) is 0 Å². The van der Waals surface area contributed by atoms with Crippen molar-refractivity contribution in [3.63, 3.8) is 0 Å². The van der Waals surface area contributed by atoms with Crippen LogP contribution in [0.5, 0.6) is 0 Å². The molecule has 0 radical (unpaired) electrons. The van der Waals surface area contributed by atoms with E-state index in [-0.39, 0.29) is 0 Å². The highest BCUT2D eigenvalue weighted by molar-refractivity contribution is 6.42. The van der Waals surface area contributed by atoms with Crippen LogP contribution in [-0.2, 0) is 6.42 Å². The number of hydrogen-bond acceptors (Lipinski definition) is 3. The smallest absolute Gasteiger partial charge is 0.196 e. The molecule has 0 amide bonds. The molecule has 1 aromatic carbocycles. The Kier molecular flexibility index (Phi) is 2.63. The van der Waals surface area contributed by atoms with Gasteiger partial charge in [0, 0.05) is 19.0 Å². The predicted octanol–water partition coefficient (Wildman–Crippen LogP) is 2.64. The zero-order valence-corrected chi connectivity index (χ0v) is 8.77. The number of nitrogens with zero attached hydrogens (tertiary/aromatic N) is 1. The molecule has 14 heavy (non-hydrogen) atoms. The van der Waals surface area contributed by atoms with Gasteiger partial charge in [0.1, 0.15) is 5.52 Å². The Balaban J connectivity index is 2.54. The van der Waals surface area contributed by atoms with E-state index in [0.717, 1.165) is 0 Å². The van der Waals surface area contributed by atoms with Crippen LogP contribution >= 0.6 is 23.2 Å². The van der Waals surface area contributed by atoms with Gasteiger partial charge >= 0.3 is 0 Å². The van der Waals surface area contributed by atoms with Crippen LogP contribution in [0.25, 0.3) is 11.1 Å². The quantitative estimate of drug-likeness (QED) is 0.864. The minimum Gasteiger partial charge on any atom is -0.441 e. The Labute approximate surface area is 90.8 Å². The fourth-order valence-corrected chi connectivity index (χ4v) is 1.51. The first-order chi connectivity index (χ1) is 6.70. The normalized spacial score (nSPS) is 11.1. The molecule has 0 aliphatic heterocycles. The molecule has 2 rings (SSSR count). The molecular formula is C9H8Cl2N2O. The first kappa shape index (κ1) is 9.77. The third-order valence-electron chi connectivity index (χ3n) is 1.83. The summed E-state index contributed by atoms with van der Waals surface area (Å²) in [5.74, 6) is 0.612. The van der Waals surface area contributed by atoms with Crippen molar-refractivity contribution in [3.8, 4) is 0 Å². The van der Waals surface area contributed by atoms with E-state index in [9.17, 15) is 0 Å². The lowest BCUT2D eigenvalue weighted by molar-refractivity contribution is 0.531. The summed E-state index contributed by atoms with van der Waals surface area (Å²) in [5.41, 5.74) is 6.74. The summed E-state index contributed by atoms with van der Waals surface area (Å²) in [5, 5.41) is 0.946. The lowest BCUT2D eigenvalue weighted by atomic mass is 10.3. The Morgan fingerprint density at radius 2 is 2.00 bits per heavy atom. The van der Waals surface area contributed by atoms with Gasteiger partial charge in [0.15, 0.2) is 11.5 Å². The molecule has 2 aromatic rings. The highest BCUT2D eigenvalue weighted by Gasteiger charge is 2.08. The van der Waals surface area contributed by atoms with Crippen LogP contribution in [0.1, 0.15) is 5.89 Å². The van der Waals surface area contributed by atoms with Gasteiger partial charge < -0.3 is 10.2 Å². The molecule has 0 aliphatic carbocycles. The molecule has 1 aromatic heterocycles. The number of aromatic nitrogens is 1. The number of rotatable bonds is 2. The van der Waals surface area contributed by atoms with E-state index in [2.05, 4.69) is 4.98 Å². The number of fused-ring (bicyclic) bond motifs is 1. The maximum Gasteiger partial charge on any atom is 0.196 e. The zero-order valence-electron chi connectivity index (χ0n) is 7.26. The summed E-state index contributed by atoms with van der Waals surface area (Å²) < 4.78 is 5.41. The zero-order chi connectivity index (χ0) is 10.1. The third-order valence-corrected chi connectivity index (χ3v) is 2.56. The molecule has 0 atom stereocenters. The van der Waals surface area contributed by atoms with Crippen LogP contribution in [0.4, 0.5) is 0 Å². The lowest BCUT2D eigenvalue weighted by Crippen LogP contribution is -2.02. The Hall–Kier alpha value is -0.770. The molecule has 0 saturated heterocycles. The highest BCUT2D eigenvalue weighted by atomic mass is 35.5. The van der Waals surface area contributed by atoms with Crippen molar-refractivity contribution >= 4 is 34.3 Å². The van der Waals surface area contributed by atoms with E-state index in [4.69, 9.17) is 33.4 Å². The second-order valence-corrected chi connectivity index (χ2v) is 3.69. The van der Waals surface area contributed by atoms with E-state index >= 15 is 0 Å². The Bertz CT molecular complexity index is 428. The van der Waals surface area contributed by atoms with Gasteiger partial charge in [-0.2, -0.15) is 0 Å². The average Bonchev–Trinajstić information content (AvgIpc) is 2.48. The minimum atomic E-state index is 0.467. The first-order valence-electron chi connectivity index (χ1n) is 4.15. The van der Waals surface area contributed by atoms with Crippen LogP contribution in [0.15, 0.2) is 16.5 Å². The highest BCUT2D eigenvalue weighted by Crippen LogP contribution is 2.28. The van der Waals surface area contributed by atoms with E-state index < -0.39 is 0 Å². The van der Waals surface area contributed by atoms with Gasteiger partial charge in [-0.1, -0.05) is 23.2 Å². The monoisotopic (exact) mass is 230 g/mol. The van der Waals surface area contributed by atoms with E-state index in [0.29, 0.717) is 40.0 Å². The largest absolute Gasteiger partial charge is 0.441 e. The van der Waals surface area contributed by atoms with Gasteiger partial charge in [-0.25, -0.2) is 4.98 Å². The second-order valence-electron chi connectivity index (χ2n) is 2.88. The summed E-state index contributed by atoms with van der Waals surface area (Å²) >= 11 is 11.7. The van der Waals surface area contributed by atoms with E-state index in [1.807, 2.05) is 0 Å². The maximum atomic E-state index is 5.84. The maximum absolute atomic E-state index is 5.84. The van der Waals surface area contributed by atoms with Crippen LogP contribution in [0.3, 0.4) is 0 Å². The predicted molar refractivity (Wildman–Crippen MR) is 56.8 cm³/mol. The SMILES string of the molecule is NCCc1nc2cc(Cl)c(Cl)cc2o1. The number of nitrogens with two attached hydrogens (primary N) is 1. The van der Waals surface area contributed by atoms with Crippen LogP contribution in [0, 0.1) is 0 Å². The van der Waals surface area contributed by atoms with Crippen molar-refractivity contribution in [2.45, 2.75) is 6.42 Å². The van der Waals surface area contributed by atoms with Crippen molar-refractivity contribution in [1.29, 1.82) is 0 Å². The molecule has 1 heterocycles. The molecule has 0 saturated carbocycles. The van der Waals surface area contributed by atoms with Crippen LogP contribution < -0.4 is 5.73 Å². The summed E-state index contributed by atoms with van der Waals surface area (Å²) in [7, 11) is 0. The number of benzene rings is 1. The van der Waals surface area contributed by atoms with Crippen molar-refractivity contribution in [2.75, 3.05) is 6.54 Å². The number of hydrogen-bond donors (Lipinski definition) is 1. The standard InChI is InChI=1S/C9H8Cl2N2O/c10-5-3-7-8(4-6(5)11)14-9(13-7)1-2-12/h3-4H,1-2,12H2. The molecule has 0 aliphatic rings. The number of oxazole rings is 1. The Morgan fingerprint density at radius 1 is 1.29 bits per heavy atom. The topological polar surface area (TPSA) is 52.0 Å². The summed E-state index contributed by atoms with van der Waals surface area (Å²) in [6, 6.07) is 3.34. The number of halogens is 2. The fourth-order valence-electron chi connectivity index (χ4n) is 1.20. The summed E-state index contributed by atoms with van der Waals surface area (Å²) in [6.45, 7) is 0.508. The molecule has 0 fully saturated rings. The molecule has 0 bridgehead atoms. The van der Waals surface area contributed by atoms with Gasteiger partial charge in [0.2, 0.25) is 0 Å².